The van der Waals surface area contributed by atoms with Crippen LogP contribution in [0, 0.1) is 5.92 Å². The van der Waals surface area contributed by atoms with E-state index in [0.29, 0.717) is 25.1 Å². The van der Waals surface area contributed by atoms with Crippen LogP contribution in [0.2, 0.25) is 0 Å². The molecule has 0 aromatic carbocycles. The first-order valence-corrected chi connectivity index (χ1v) is 7.11. The summed E-state index contributed by atoms with van der Waals surface area (Å²) in [6.45, 7) is 0.802. The fourth-order valence-electron chi connectivity index (χ4n) is 2.32. The van der Waals surface area contributed by atoms with Gasteiger partial charge in [-0.3, -0.25) is 9.59 Å². The van der Waals surface area contributed by atoms with E-state index in [1.165, 1.54) is 11.2 Å². The van der Waals surface area contributed by atoms with E-state index in [1.807, 2.05) is 0 Å². The van der Waals surface area contributed by atoms with Gasteiger partial charge < -0.3 is 25.1 Å². The van der Waals surface area contributed by atoms with E-state index in [0.717, 1.165) is 0 Å². The summed E-state index contributed by atoms with van der Waals surface area (Å²) in [5, 5.41) is 14.0. The van der Waals surface area contributed by atoms with Gasteiger partial charge in [0.2, 0.25) is 5.91 Å². The highest BCUT2D eigenvalue weighted by molar-refractivity contribution is 5.84. The minimum atomic E-state index is -0.887. The van der Waals surface area contributed by atoms with Gasteiger partial charge in [-0.2, -0.15) is 0 Å². The molecule has 1 aromatic rings. The maximum absolute atomic E-state index is 12.0. The van der Waals surface area contributed by atoms with Crippen molar-refractivity contribution in [3.63, 3.8) is 0 Å². The molecule has 0 saturated carbocycles. The average molecular weight is 309 g/mol. The number of rotatable bonds is 5. The van der Waals surface area contributed by atoms with Crippen LogP contribution >= 0.6 is 0 Å². The smallest absolute Gasteiger partial charge is 0.315 e. The van der Waals surface area contributed by atoms with Gasteiger partial charge in [0.05, 0.1) is 25.3 Å². The van der Waals surface area contributed by atoms with Crippen LogP contribution in [0.25, 0.3) is 0 Å². The Bertz CT molecular complexity index is 529. The lowest BCUT2D eigenvalue weighted by Gasteiger charge is -2.30. The van der Waals surface area contributed by atoms with Crippen molar-refractivity contribution in [2.24, 2.45) is 5.92 Å². The first-order valence-electron chi connectivity index (χ1n) is 7.11. The first kappa shape index (κ1) is 15.9. The standard InChI is InChI=1S/C14H19N3O5/c18-12(17-5-1-3-10(9-17)13(19)20)8-16-14(21)15-7-11-4-2-6-22-11/h2,4,6,10H,1,3,5,7-9H2,(H,19,20)(H2,15,16,21). The quantitative estimate of drug-likeness (QED) is 0.729. The Morgan fingerprint density at radius 2 is 2.18 bits per heavy atom. The molecule has 1 aromatic heterocycles. The number of aliphatic carboxylic acids is 1. The van der Waals surface area contributed by atoms with Crippen molar-refractivity contribution < 1.29 is 23.9 Å². The number of piperidine rings is 1. The highest BCUT2D eigenvalue weighted by atomic mass is 16.4. The van der Waals surface area contributed by atoms with Gasteiger partial charge >= 0.3 is 12.0 Å². The van der Waals surface area contributed by atoms with Crippen LogP contribution in [0.5, 0.6) is 0 Å². The van der Waals surface area contributed by atoms with Gasteiger partial charge in [0.15, 0.2) is 0 Å². The number of hydrogen-bond donors (Lipinski definition) is 3. The number of likely N-dealkylation sites (tertiary alicyclic amines) is 1. The van der Waals surface area contributed by atoms with Crippen molar-refractivity contribution in [1.82, 2.24) is 15.5 Å². The Labute approximate surface area is 127 Å². The summed E-state index contributed by atoms with van der Waals surface area (Å²) in [4.78, 5) is 36.0. The fourth-order valence-corrected chi connectivity index (χ4v) is 2.32. The number of carbonyl (C=O) groups is 3. The Hall–Kier alpha value is -2.51. The zero-order valence-corrected chi connectivity index (χ0v) is 12.1. The number of amides is 3. The molecule has 1 fully saturated rings. The number of hydrogen-bond acceptors (Lipinski definition) is 4. The van der Waals surface area contributed by atoms with Crippen molar-refractivity contribution in [2.45, 2.75) is 19.4 Å². The third-order valence-electron chi connectivity index (χ3n) is 3.53. The SMILES string of the molecule is O=C(NCC(=O)N1CCCC(C(=O)O)C1)NCc1ccco1. The summed E-state index contributed by atoms with van der Waals surface area (Å²) < 4.78 is 5.07. The number of carbonyl (C=O) groups excluding carboxylic acids is 2. The second kappa shape index (κ2) is 7.48. The molecule has 8 nitrogen and oxygen atoms in total. The van der Waals surface area contributed by atoms with Crippen LogP contribution in [-0.2, 0) is 16.1 Å². The number of nitrogens with zero attached hydrogens (tertiary/aromatic N) is 1. The molecule has 1 atom stereocenters. The summed E-state index contributed by atoms with van der Waals surface area (Å²) in [7, 11) is 0. The number of urea groups is 1. The molecule has 8 heteroatoms. The average Bonchev–Trinajstić information content (AvgIpc) is 3.04. The zero-order chi connectivity index (χ0) is 15.9. The Balaban J connectivity index is 1.70. The van der Waals surface area contributed by atoms with Gasteiger partial charge in [-0.25, -0.2) is 4.79 Å². The predicted molar refractivity (Wildman–Crippen MR) is 75.9 cm³/mol. The molecule has 0 spiro atoms. The first-order chi connectivity index (χ1) is 10.6. The Morgan fingerprint density at radius 1 is 1.36 bits per heavy atom. The third-order valence-corrected chi connectivity index (χ3v) is 3.53. The molecule has 0 radical (unpaired) electrons. The maximum atomic E-state index is 12.0. The van der Waals surface area contributed by atoms with Crippen molar-refractivity contribution in [2.75, 3.05) is 19.6 Å². The van der Waals surface area contributed by atoms with E-state index in [2.05, 4.69) is 10.6 Å². The molecule has 1 aliphatic rings. The molecule has 2 heterocycles. The number of carboxylic acids is 1. The van der Waals surface area contributed by atoms with Crippen molar-refractivity contribution in [3.8, 4) is 0 Å². The van der Waals surface area contributed by atoms with Gasteiger partial charge in [-0.1, -0.05) is 0 Å². The van der Waals surface area contributed by atoms with Crippen LogP contribution in [0.15, 0.2) is 22.8 Å². The molecule has 0 bridgehead atoms. The number of carboxylic acid groups (broad SMARTS) is 1. The molecule has 0 aliphatic carbocycles. The van der Waals surface area contributed by atoms with Gasteiger partial charge in [0.1, 0.15) is 5.76 Å². The molecule has 22 heavy (non-hydrogen) atoms. The summed E-state index contributed by atoms with van der Waals surface area (Å²) >= 11 is 0. The summed E-state index contributed by atoms with van der Waals surface area (Å²) in [6.07, 6.45) is 2.75. The van der Waals surface area contributed by atoms with Gasteiger partial charge in [0.25, 0.3) is 0 Å². The summed E-state index contributed by atoms with van der Waals surface area (Å²) in [6, 6.07) is 2.97. The second-order valence-electron chi connectivity index (χ2n) is 5.13. The van der Waals surface area contributed by atoms with E-state index in [-0.39, 0.29) is 25.5 Å². The lowest BCUT2D eigenvalue weighted by atomic mass is 9.98. The number of nitrogens with one attached hydrogen (secondary N) is 2. The largest absolute Gasteiger partial charge is 0.481 e. The molecule has 1 aliphatic heterocycles. The van der Waals surface area contributed by atoms with Crippen molar-refractivity contribution in [3.05, 3.63) is 24.2 Å². The third kappa shape index (κ3) is 4.51. The molecule has 1 unspecified atom stereocenters. The monoisotopic (exact) mass is 309 g/mol. The molecule has 120 valence electrons. The minimum Gasteiger partial charge on any atom is -0.481 e. The maximum Gasteiger partial charge on any atom is 0.315 e. The summed E-state index contributed by atoms with van der Waals surface area (Å²) in [5.74, 6) is -1.08. The van der Waals surface area contributed by atoms with Crippen molar-refractivity contribution in [1.29, 1.82) is 0 Å². The fraction of sp³-hybridized carbons (Fsp3) is 0.500. The highest BCUT2D eigenvalue weighted by Gasteiger charge is 2.27. The lowest BCUT2D eigenvalue weighted by Crippen LogP contribution is -2.47. The normalized spacial score (nSPS) is 17.8. The van der Waals surface area contributed by atoms with E-state index in [1.54, 1.807) is 12.1 Å². The van der Waals surface area contributed by atoms with Gasteiger partial charge in [0, 0.05) is 13.1 Å². The Kier molecular flexibility index (Phi) is 5.40. The van der Waals surface area contributed by atoms with E-state index < -0.39 is 17.9 Å². The van der Waals surface area contributed by atoms with Crippen LogP contribution in [-0.4, -0.2) is 47.5 Å². The van der Waals surface area contributed by atoms with Crippen LogP contribution in [0.4, 0.5) is 4.79 Å². The molecule has 1 saturated heterocycles. The minimum absolute atomic E-state index is 0.156. The van der Waals surface area contributed by atoms with Crippen LogP contribution in [0.3, 0.4) is 0 Å². The topological polar surface area (TPSA) is 112 Å². The number of furan rings is 1. The van der Waals surface area contributed by atoms with Crippen molar-refractivity contribution >= 4 is 17.9 Å². The highest BCUT2D eigenvalue weighted by Crippen LogP contribution is 2.16. The van der Waals surface area contributed by atoms with E-state index in [4.69, 9.17) is 9.52 Å². The van der Waals surface area contributed by atoms with Gasteiger partial charge in [-0.05, 0) is 25.0 Å². The van der Waals surface area contributed by atoms with Gasteiger partial charge in [-0.15, -0.1) is 0 Å². The molecular formula is C14H19N3O5. The van der Waals surface area contributed by atoms with Crippen LogP contribution < -0.4 is 10.6 Å². The second-order valence-corrected chi connectivity index (χ2v) is 5.13. The molecule has 3 N–H and O–H groups in total. The van der Waals surface area contributed by atoms with E-state index in [9.17, 15) is 14.4 Å². The Morgan fingerprint density at radius 3 is 2.86 bits per heavy atom. The zero-order valence-electron chi connectivity index (χ0n) is 12.1. The lowest BCUT2D eigenvalue weighted by molar-refractivity contribution is -0.145. The molecule has 3 amide bonds. The van der Waals surface area contributed by atoms with E-state index >= 15 is 0 Å². The predicted octanol–water partition coefficient (Wildman–Crippen LogP) is 0.402. The molecule has 2 rings (SSSR count). The summed E-state index contributed by atoms with van der Waals surface area (Å²) in [5.41, 5.74) is 0. The van der Waals surface area contributed by atoms with Crippen LogP contribution in [0.1, 0.15) is 18.6 Å². The molecular weight excluding hydrogens is 290 g/mol.